The fourth-order valence-corrected chi connectivity index (χ4v) is 2.33. The first-order chi connectivity index (χ1) is 9.61. The normalized spacial score (nSPS) is 13.3. The summed E-state index contributed by atoms with van der Waals surface area (Å²) >= 11 is 0.839. The number of urea groups is 1. The molecule has 1 rings (SSSR count). The minimum atomic E-state index is -4.48. The average molecular weight is 325 g/mol. The molecule has 0 radical (unpaired) electrons. The molecule has 0 bridgehead atoms. The molecule has 1 unspecified atom stereocenters. The number of thiazole rings is 1. The summed E-state index contributed by atoms with van der Waals surface area (Å²) in [6.07, 6.45) is -5.16. The van der Waals surface area contributed by atoms with Crippen molar-refractivity contribution < 1.29 is 23.1 Å². The van der Waals surface area contributed by atoms with Crippen molar-refractivity contribution in [2.45, 2.75) is 45.6 Å². The number of aliphatic hydroxyl groups excluding tert-OH is 1. The molecular weight excluding hydrogens is 307 g/mol. The molecule has 21 heavy (non-hydrogen) atoms. The maximum Gasteiger partial charge on any atom is 0.434 e. The van der Waals surface area contributed by atoms with Crippen molar-refractivity contribution in [1.29, 1.82) is 0 Å². The summed E-state index contributed by atoms with van der Waals surface area (Å²) in [4.78, 5) is 16.8. The number of alkyl halides is 3. The second-order valence-corrected chi connectivity index (χ2v) is 5.82. The van der Waals surface area contributed by atoms with E-state index in [1.54, 1.807) is 20.8 Å². The Balaban J connectivity index is 2.61. The second-order valence-electron chi connectivity index (χ2n) is 4.88. The summed E-state index contributed by atoms with van der Waals surface area (Å²) in [6.45, 7) is 5.19. The van der Waals surface area contributed by atoms with Crippen LogP contribution in [0.4, 0.5) is 18.0 Å². The number of aromatic nitrogens is 1. The zero-order valence-corrected chi connectivity index (χ0v) is 12.8. The van der Waals surface area contributed by atoms with Gasteiger partial charge in [0.1, 0.15) is 5.01 Å². The molecule has 0 spiro atoms. The smallest absolute Gasteiger partial charge is 0.392 e. The minimum Gasteiger partial charge on any atom is -0.392 e. The number of nitrogens with one attached hydrogen (secondary N) is 1. The molecule has 9 heteroatoms. The van der Waals surface area contributed by atoms with E-state index in [0.717, 1.165) is 16.7 Å². The van der Waals surface area contributed by atoms with Crippen LogP contribution < -0.4 is 5.32 Å². The minimum absolute atomic E-state index is 0.0807. The Labute approximate surface area is 124 Å². The molecule has 1 atom stereocenters. The van der Waals surface area contributed by atoms with Crippen LogP contribution in [0.1, 0.15) is 31.5 Å². The molecular formula is C12H18F3N3O2S. The number of aliphatic hydroxyl groups is 1. The summed E-state index contributed by atoms with van der Waals surface area (Å²) in [5.41, 5.74) is -0.957. The largest absolute Gasteiger partial charge is 0.434 e. The van der Waals surface area contributed by atoms with Crippen LogP contribution >= 0.6 is 11.3 Å². The number of nitrogens with zero attached hydrogens (tertiary/aromatic N) is 2. The van der Waals surface area contributed by atoms with Crippen molar-refractivity contribution in [1.82, 2.24) is 15.2 Å². The van der Waals surface area contributed by atoms with E-state index in [9.17, 15) is 23.1 Å². The predicted molar refractivity (Wildman–Crippen MR) is 72.9 cm³/mol. The zero-order chi connectivity index (χ0) is 16.2. The summed E-state index contributed by atoms with van der Waals surface area (Å²) in [5.74, 6) is 0. The monoisotopic (exact) mass is 325 g/mol. The van der Waals surface area contributed by atoms with Crippen molar-refractivity contribution in [3.63, 3.8) is 0 Å². The first kappa shape index (κ1) is 17.7. The SMILES string of the molecule is CC(O)CN(C(=O)NCc1nc(C(F)(F)F)cs1)C(C)C. The molecule has 1 aromatic rings. The van der Waals surface area contributed by atoms with Crippen LogP contribution in [0.25, 0.3) is 0 Å². The number of hydrogen-bond donors (Lipinski definition) is 2. The number of carbonyl (C=O) groups is 1. The van der Waals surface area contributed by atoms with Crippen LogP contribution in [0.15, 0.2) is 5.38 Å². The van der Waals surface area contributed by atoms with Crippen molar-refractivity contribution in [2.24, 2.45) is 0 Å². The molecule has 2 N–H and O–H groups in total. The molecule has 0 fully saturated rings. The predicted octanol–water partition coefficient (Wildman–Crippen LogP) is 2.46. The van der Waals surface area contributed by atoms with Crippen LogP contribution in [0.3, 0.4) is 0 Å². The molecule has 0 aliphatic heterocycles. The van der Waals surface area contributed by atoms with Crippen molar-refractivity contribution in [3.05, 3.63) is 16.1 Å². The molecule has 2 amide bonds. The Morgan fingerprint density at radius 1 is 1.48 bits per heavy atom. The third-order valence-electron chi connectivity index (χ3n) is 2.58. The van der Waals surface area contributed by atoms with Gasteiger partial charge in [0.2, 0.25) is 0 Å². The highest BCUT2D eigenvalue weighted by Crippen LogP contribution is 2.29. The zero-order valence-electron chi connectivity index (χ0n) is 11.9. The summed E-state index contributed by atoms with van der Waals surface area (Å²) in [6, 6.07) is -0.587. The molecule has 0 saturated carbocycles. The third-order valence-corrected chi connectivity index (χ3v) is 3.43. The lowest BCUT2D eigenvalue weighted by molar-refractivity contribution is -0.140. The van der Waals surface area contributed by atoms with Crippen LogP contribution in [0, 0.1) is 0 Å². The highest BCUT2D eigenvalue weighted by atomic mass is 32.1. The summed E-state index contributed by atoms with van der Waals surface area (Å²) in [7, 11) is 0. The van der Waals surface area contributed by atoms with E-state index in [-0.39, 0.29) is 24.1 Å². The lowest BCUT2D eigenvalue weighted by Crippen LogP contribution is -2.46. The highest BCUT2D eigenvalue weighted by Gasteiger charge is 2.33. The molecule has 5 nitrogen and oxygen atoms in total. The van der Waals surface area contributed by atoms with Crippen LogP contribution in [-0.2, 0) is 12.7 Å². The van der Waals surface area contributed by atoms with E-state index in [0.29, 0.717) is 0 Å². The Morgan fingerprint density at radius 3 is 2.52 bits per heavy atom. The van der Waals surface area contributed by atoms with Gasteiger partial charge in [-0.3, -0.25) is 0 Å². The molecule has 0 aromatic carbocycles. The highest BCUT2D eigenvalue weighted by molar-refractivity contribution is 7.09. The van der Waals surface area contributed by atoms with Gasteiger partial charge in [-0.1, -0.05) is 0 Å². The molecule has 1 heterocycles. The fourth-order valence-electron chi connectivity index (χ4n) is 1.59. The van der Waals surface area contributed by atoms with Crippen molar-refractivity contribution in [3.8, 4) is 0 Å². The van der Waals surface area contributed by atoms with E-state index < -0.39 is 24.0 Å². The Hall–Kier alpha value is -1.35. The van der Waals surface area contributed by atoms with E-state index in [1.807, 2.05) is 0 Å². The molecule has 1 aromatic heterocycles. The van der Waals surface area contributed by atoms with Gasteiger partial charge < -0.3 is 15.3 Å². The van der Waals surface area contributed by atoms with Gasteiger partial charge >= 0.3 is 12.2 Å². The molecule has 0 aliphatic rings. The van der Waals surface area contributed by atoms with Crippen LogP contribution in [0.2, 0.25) is 0 Å². The first-order valence-electron chi connectivity index (χ1n) is 6.35. The van der Waals surface area contributed by atoms with E-state index in [2.05, 4.69) is 10.3 Å². The summed E-state index contributed by atoms with van der Waals surface area (Å²) < 4.78 is 37.2. The first-order valence-corrected chi connectivity index (χ1v) is 7.23. The number of amides is 2. The van der Waals surface area contributed by atoms with Crippen molar-refractivity contribution in [2.75, 3.05) is 6.54 Å². The Kier molecular flexibility index (Phi) is 5.97. The topological polar surface area (TPSA) is 65.5 Å². The molecule has 0 aliphatic carbocycles. The Morgan fingerprint density at radius 2 is 2.10 bits per heavy atom. The maximum atomic E-state index is 12.4. The van der Waals surface area contributed by atoms with Gasteiger partial charge in [-0.15, -0.1) is 11.3 Å². The van der Waals surface area contributed by atoms with E-state index >= 15 is 0 Å². The van der Waals surface area contributed by atoms with E-state index in [4.69, 9.17) is 0 Å². The Bertz CT molecular complexity index is 475. The number of carbonyl (C=O) groups excluding carboxylic acids is 1. The standard InChI is InChI=1S/C12H18F3N3O2S/c1-7(2)18(5-8(3)19)11(20)16-4-10-17-9(6-21-10)12(13,14)15/h6-8,19H,4-5H2,1-3H3,(H,16,20). The number of hydrogen-bond acceptors (Lipinski definition) is 4. The van der Waals surface area contributed by atoms with Crippen LogP contribution in [0.5, 0.6) is 0 Å². The fraction of sp³-hybridized carbons (Fsp3) is 0.667. The molecule has 120 valence electrons. The third kappa shape index (κ3) is 5.50. The van der Waals surface area contributed by atoms with Gasteiger partial charge in [0.05, 0.1) is 12.6 Å². The van der Waals surface area contributed by atoms with Gasteiger partial charge in [0.25, 0.3) is 0 Å². The van der Waals surface area contributed by atoms with Crippen LogP contribution in [-0.4, -0.2) is 39.7 Å². The van der Waals surface area contributed by atoms with Gasteiger partial charge in [-0.05, 0) is 20.8 Å². The molecule has 0 saturated heterocycles. The number of halogens is 3. The summed E-state index contributed by atoms with van der Waals surface area (Å²) in [5, 5.41) is 12.9. The lowest BCUT2D eigenvalue weighted by atomic mass is 10.3. The lowest BCUT2D eigenvalue weighted by Gasteiger charge is -2.27. The second kappa shape index (κ2) is 7.08. The van der Waals surface area contributed by atoms with Crippen molar-refractivity contribution >= 4 is 17.4 Å². The van der Waals surface area contributed by atoms with Gasteiger partial charge in [-0.2, -0.15) is 13.2 Å². The number of rotatable bonds is 5. The average Bonchev–Trinajstić information content (AvgIpc) is 2.81. The van der Waals surface area contributed by atoms with Gasteiger partial charge in [-0.25, -0.2) is 9.78 Å². The quantitative estimate of drug-likeness (QED) is 0.874. The van der Waals surface area contributed by atoms with Gasteiger partial charge in [0, 0.05) is 18.0 Å². The van der Waals surface area contributed by atoms with Gasteiger partial charge in [0.15, 0.2) is 5.69 Å². The maximum absolute atomic E-state index is 12.4. The van der Waals surface area contributed by atoms with E-state index in [1.165, 1.54) is 4.90 Å².